The molecule has 0 aliphatic rings. The number of rotatable bonds is 8. The fourth-order valence-electron chi connectivity index (χ4n) is 2.89. The van der Waals surface area contributed by atoms with E-state index >= 15 is 0 Å². The summed E-state index contributed by atoms with van der Waals surface area (Å²) < 4.78 is 43.8. The number of ether oxygens (including phenoxy) is 2. The number of nitrogens with one attached hydrogen (secondary N) is 1. The van der Waals surface area contributed by atoms with Crippen LogP contribution in [0.2, 0.25) is 0 Å². The van der Waals surface area contributed by atoms with Crippen LogP contribution in [0.1, 0.15) is 35.9 Å². The molecule has 0 radical (unpaired) electrons. The number of unbranched alkanes of at least 4 members (excludes halogenated alkanes) is 1. The number of furan rings is 1. The monoisotopic (exact) mass is 417 g/mol. The molecule has 0 saturated heterocycles. The molecule has 0 aliphatic heterocycles. The Balaban J connectivity index is 1.90. The number of esters is 1. The Labute approximate surface area is 169 Å². The molecule has 2 aromatic carbocycles. The number of hydrogen-bond acceptors (Lipinski definition) is 6. The van der Waals surface area contributed by atoms with Crippen LogP contribution in [0, 0.1) is 6.92 Å². The van der Waals surface area contributed by atoms with Gasteiger partial charge in [0.05, 0.1) is 18.6 Å². The SMILES string of the molecule is CCCCOC(=O)c1c(C)oc2ccc(NS(=O)(=O)c3ccc(OC)cc3)cc12. The summed E-state index contributed by atoms with van der Waals surface area (Å²) in [5, 5.41) is 0.499. The van der Waals surface area contributed by atoms with E-state index < -0.39 is 16.0 Å². The summed E-state index contributed by atoms with van der Waals surface area (Å²) in [6, 6.07) is 10.8. The third kappa shape index (κ3) is 4.54. The van der Waals surface area contributed by atoms with Crippen molar-refractivity contribution < 1.29 is 27.1 Å². The second-order valence-electron chi connectivity index (χ2n) is 6.51. The van der Waals surface area contributed by atoms with Gasteiger partial charge in [0.1, 0.15) is 22.7 Å². The van der Waals surface area contributed by atoms with E-state index in [1.54, 1.807) is 37.3 Å². The van der Waals surface area contributed by atoms with Crippen molar-refractivity contribution in [3.8, 4) is 5.75 Å². The van der Waals surface area contributed by atoms with Gasteiger partial charge in [-0.3, -0.25) is 4.72 Å². The molecular weight excluding hydrogens is 394 g/mol. The minimum Gasteiger partial charge on any atom is -0.497 e. The number of methoxy groups -OCH3 is 1. The summed E-state index contributed by atoms with van der Waals surface area (Å²) >= 11 is 0. The minimum atomic E-state index is -3.80. The van der Waals surface area contributed by atoms with E-state index in [1.165, 1.54) is 19.2 Å². The highest BCUT2D eigenvalue weighted by atomic mass is 32.2. The van der Waals surface area contributed by atoms with E-state index in [-0.39, 0.29) is 4.90 Å². The van der Waals surface area contributed by atoms with Crippen molar-refractivity contribution in [2.45, 2.75) is 31.6 Å². The van der Waals surface area contributed by atoms with Gasteiger partial charge in [-0.05, 0) is 55.8 Å². The lowest BCUT2D eigenvalue weighted by atomic mass is 10.1. The molecule has 1 aromatic heterocycles. The van der Waals surface area contributed by atoms with Gasteiger partial charge in [0.2, 0.25) is 0 Å². The summed E-state index contributed by atoms with van der Waals surface area (Å²) in [6.45, 7) is 4.01. The standard InChI is InChI=1S/C21H23NO6S/c1-4-5-12-27-21(23)20-14(2)28-19-11-6-15(13-18(19)20)22-29(24,25)17-9-7-16(26-3)8-10-17/h6-11,13,22H,4-5,12H2,1-3H3. The molecule has 0 spiro atoms. The molecule has 3 rings (SSSR count). The Morgan fingerprint density at radius 3 is 2.52 bits per heavy atom. The molecule has 0 amide bonds. The summed E-state index contributed by atoms with van der Waals surface area (Å²) in [5.41, 5.74) is 1.11. The van der Waals surface area contributed by atoms with Crippen molar-refractivity contribution in [3.05, 3.63) is 53.8 Å². The van der Waals surface area contributed by atoms with Gasteiger partial charge in [-0.15, -0.1) is 0 Å². The maximum absolute atomic E-state index is 12.7. The first-order valence-corrected chi connectivity index (χ1v) is 10.7. The van der Waals surface area contributed by atoms with Crippen molar-refractivity contribution in [1.82, 2.24) is 0 Å². The van der Waals surface area contributed by atoms with Crippen LogP contribution in [0.4, 0.5) is 5.69 Å². The Hall–Kier alpha value is -3.00. The van der Waals surface area contributed by atoms with Crippen LogP contribution in [0.15, 0.2) is 51.8 Å². The van der Waals surface area contributed by atoms with E-state index in [0.717, 1.165) is 12.8 Å². The molecule has 154 valence electrons. The van der Waals surface area contributed by atoms with Crippen LogP contribution < -0.4 is 9.46 Å². The molecule has 0 saturated carbocycles. The van der Waals surface area contributed by atoms with Gasteiger partial charge in [-0.1, -0.05) is 13.3 Å². The molecule has 0 unspecified atom stereocenters. The van der Waals surface area contributed by atoms with Crippen LogP contribution in [-0.4, -0.2) is 28.1 Å². The van der Waals surface area contributed by atoms with Gasteiger partial charge < -0.3 is 13.9 Å². The second-order valence-corrected chi connectivity index (χ2v) is 8.20. The van der Waals surface area contributed by atoms with Crippen LogP contribution in [0.25, 0.3) is 11.0 Å². The molecule has 3 aromatic rings. The number of anilines is 1. The highest BCUT2D eigenvalue weighted by Gasteiger charge is 2.21. The van der Waals surface area contributed by atoms with Crippen LogP contribution in [0.3, 0.4) is 0 Å². The lowest BCUT2D eigenvalue weighted by Gasteiger charge is -2.09. The normalized spacial score (nSPS) is 11.4. The molecule has 0 fully saturated rings. The van der Waals surface area contributed by atoms with Crippen molar-refractivity contribution in [3.63, 3.8) is 0 Å². The van der Waals surface area contributed by atoms with E-state index in [2.05, 4.69) is 4.72 Å². The first-order chi connectivity index (χ1) is 13.9. The lowest BCUT2D eigenvalue weighted by molar-refractivity contribution is 0.0500. The summed E-state index contributed by atoms with van der Waals surface area (Å²) in [4.78, 5) is 12.6. The molecule has 7 nitrogen and oxygen atoms in total. The summed E-state index contributed by atoms with van der Waals surface area (Å²) in [5.74, 6) is 0.506. The fourth-order valence-corrected chi connectivity index (χ4v) is 3.94. The first kappa shape index (κ1) is 20.7. The van der Waals surface area contributed by atoms with E-state index in [1.807, 2.05) is 6.92 Å². The predicted octanol–water partition coefficient (Wildman–Crippen LogP) is 4.51. The van der Waals surface area contributed by atoms with Crippen molar-refractivity contribution in [2.24, 2.45) is 0 Å². The Bertz CT molecular complexity index is 1120. The molecule has 1 N–H and O–H groups in total. The van der Waals surface area contributed by atoms with Gasteiger partial charge in [-0.25, -0.2) is 13.2 Å². The maximum atomic E-state index is 12.7. The van der Waals surface area contributed by atoms with E-state index in [4.69, 9.17) is 13.9 Å². The zero-order valence-corrected chi connectivity index (χ0v) is 17.3. The zero-order valence-electron chi connectivity index (χ0n) is 16.5. The summed E-state index contributed by atoms with van der Waals surface area (Å²) in [6.07, 6.45) is 1.68. The highest BCUT2D eigenvalue weighted by molar-refractivity contribution is 7.92. The Morgan fingerprint density at radius 1 is 1.14 bits per heavy atom. The van der Waals surface area contributed by atoms with Crippen molar-refractivity contribution in [1.29, 1.82) is 0 Å². The number of hydrogen-bond donors (Lipinski definition) is 1. The van der Waals surface area contributed by atoms with E-state index in [9.17, 15) is 13.2 Å². The quantitative estimate of drug-likeness (QED) is 0.428. The summed E-state index contributed by atoms with van der Waals surface area (Å²) in [7, 11) is -2.29. The zero-order chi connectivity index (χ0) is 21.0. The van der Waals surface area contributed by atoms with Gasteiger partial charge >= 0.3 is 5.97 Å². The molecule has 1 heterocycles. The number of carbonyl (C=O) groups excluding carboxylic acids is 1. The molecule has 0 aliphatic carbocycles. The lowest BCUT2D eigenvalue weighted by Crippen LogP contribution is -2.13. The third-order valence-electron chi connectivity index (χ3n) is 4.42. The highest BCUT2D eigenvalue weighted by Crippen LogP contribution is 2.30. The van der Waals surface area contributed by atoms with Gasteiger partial charge in [0.15, 0.2) is 0 Å². The van der Waals surface area contributed by atoms with Crippen LogP contribution in [-0.2, 0) is 14.8 Å². The smallest absolute Gasteiger partial charge is 0.342 e. The number of benzene rings is 2. The van der Waals surface area contributed by atoms with Gasteiger partial charge in [-0.2, -0.15) is 0 Å². The van der Waals surface area contributed by atoms with E-state index in [0.29, 0.717) is 40.3 Å². The van der Waals surface area contributed by atoms with Crippen LogP contribution >= 0.6 is 0 Å². The van der Waals surface area contributed by atoms with Crippen molar-refractivity contribution in [2.75, 3.05) is 18.4 Å². The fraction of sp³-hybridized carbons (Fsp3) is 0.286. The molecule has 8 heteroatoms. The third-order valence-corrected chi connectivity index (χ3v) is 5.82. The van der Waals surface area contributed by atoms with Crippen LogP contribution in [0.5, 0.6) is 5.75 Å². The number of sulfonamides is 1. The molecular formula is C21H23NO6S. The van der Waals surface area contributed by atoms with Gasteiger partial charge in [0, 0.05) is 11.1 Å². The maximum Gasteiger partial charge on any atom is 0.342 e. The molecule has 29 heavy (non-hydrogen) atoms. The number of aryl methyl sites for hydroxylation is 1. The first-order valence-electron chi connectivity index (χ1n) is 9.23. The molecule has 0 bridgehead atoms. The Morgan fingerprint density at radius 2 is 1.86 bits per heavy atom. The molecule has 0 atom stereocenters. The minimum absolute atomic E-state index is 0.0981. The number of fused-ring (bicyclic) bond motifs is 1. The Kier molecular flexibility index (Phi) is 6.12. The average Bonchev–Trinajstić information content (AvgIpc) is 3.03. The average molecular weight is 417 g/mol. The van der Waals surface area contributed by atoms with Crippen molar-refractivity contribution >= 4 is 32.6 Å². The topological polar surface area (TPSA) is 94.8 Å². The van der Waals surface area contributed by atoms with Gasteiger partial charge in [0.25, 0.3) is 10.0 Å². The largest absolute Gasteiger partial charge is 0.497 e. The predicted molar refractivity (Wildman–Crippen MR) is 110 cm³/mol. The number of carbonyl (C=O) groups is 1. The second kappa shape index (κ2) is 8.57.